The number of nitrogens with zero attached hydrogens (tertiary/aromatic N) is 2. The quantitative estimate of drug-likeness (QED) is 0.786. The summed E-state index contributed by atoms with van der Waals surface area (Å²) in [5, 5.41) is 4.83. The van der Waals surface area contributed by atoms with E-state index < -0.39 is 11.9 Å². The summed E-state index contributed by atoms with van der Waals surface area (Å²) in [6.45, 7) is 1.90. The van der Waals surface area contributed by atoms with Gasteiger partial charge in [-0.1, -0.05) is 0 Å². The first kappa shape index (κ1) is 12.9. The molecule has 3 amide bonds. The van der Waals surface area contributed by atoms with Gasteiger partial charge >= 0.3 is 6.03 Å². The van der Waals surface area contributed by atoms with Crippen LogP contribution in [0.15, 0.2) is 11.6 Å². The Balaban J connectivity index is 1.87. The monoisotopic (exact) mass is 270 g/mol. The highest BCUT2D eigenvalue weighted by molar-refractivity contribution is 7.09. The number of ether oxygens (including phenoxy) is 1. The van der Waals surface area contributed by atoms with Crippen LogP contribution >= 0.6 is 11.3 Å². The van der Waals surface area contributed by atoms with Crippen molar-refractivity contribution in [3.05, 3.63) is 16.6 Å². The summed E-state index contributed by atoms with van der Waals surface area (Å²) in [4.78, 5) is 28.1. The van der Waals surface area contributed by atoms with Crippen molar-refractivity contribution in [3.63, 3.8) is 0 Å². The summed E-state index contributed by atoms with van der Waals surface area (Å²) in [6.07, 6.45) is 1.61. The fourth-order valence-corrected chi connectivity index (χ4v) is 2.45. The van der Waals surface area contributed by atoms with Crippen molar-refractivity contribution in [2.45, 2.75) is 6.10 Å². The molecule has 0 radical (unpaired) electrons. The van der Waals surface area contributed by atoms with E-state index in [-0.39, 0.29) is 12.6 Å². The van der Waals surface area contributed by atoms with Gasteiger partial charge < -0.3 is 10.5 Å². The average molecular weight is 270 g/mol. The van der Waals surface area contributed by atoms with Crippen molar-refractivity contribution < 1.29 is 14.3 Å². The lowest BCUT2D eigenvalue weighted by Gasteiger charge is -2.31. The van der Waals surface area contributed by atoms with Crippen LogP contribution < -0.4 is 11.1 Å². The van der Waals surface area contributed by atoms with Crippen molar-refractivity contribution in [2.75, 3.05) is 26.2 Å². The molecule has 18 heavy (non-hydrogen) atoms. The second kappa shape index (κ2) is 5.89. The molecular formula is C10H14N4O3S. The number of hydrogen-bond acceptors (Lipinski definition) is 6. The van der Waals surface area contributed by atoms with Gasteiger partial charge in [0.2, 0.25) is 5.91 Å². The van der Waals surface area contributed by atoms with E-state index in [1.807, 2.05) is 15.6 Å². The third-order valence-electron chi connectivity index (χ3n) is 2.51. The number of carbonyl (C=O) groups is 2. The molecule has 1 unspecified atom stereocenters. The second-order valence-corrected chi connectivity index (χ2v) is 4.80. The minimum Gasteiger partial charge on any atom is -0.368 e. The number of nitrogens with two attached hydrogens (primary N) is 1. The standard InChI is InChI=1S/C10H14N4O3S/c11-10(16)13-8(15)6-14-2-3-17-7(5-14)9-12-1-4-18-9/h1,4,7H,2-3,5-6H2,(H3,11,13,15,16). The predicted molar refractivity (Wildman–Crippen MR) is 65.0 cm³/mol. The van der Waals surface area contributed by atoms with Gasteiger partial charge in [0.05, 0.1) is 13.2 Å². The summed E-state index contributed by atoms with van der Waals surface area (Å²) in [6, 6.07) is -0.829. The Morgan fingerprint density at radius 3 is 3.17 bits per heavy atom. The molecule has 0 bridgehead atoms. The summed E-state index contributed by atoms with van der Waals surface area (Å²) in [5.74, 6) is -0.401. The van der Waals surface area contributed by atoms with Crippen LogP contribution in [0.5, 0.6) is 0 Å². The maximum Gasteiger partial charge on any atom is 0.318 e. The van der Waals surface area contributed by atoms with Crippen molar-refractivity contribution in [2.24, 2.45) is 5.73 Å². The maximum absolute atomic E-state index is 11.4. The average Bonchev–Trinajstić information content (AvgIpc) is 2.81. The number of morpholine rings is 1. The molecular weight excluding hydrogens is 256 g/mol. The number of rotatable bonds is 3. The van der Waals surface area contributed by atoms with Gasteiger partial charge in [-0.2, -0.15) is 0 Å². The van der Waals surface area contributed by atoms with E-state index in [0.29, 0.717) is 19.7 Å². The van der Waals surface area contributed by atoms with Crippen LogP contribution in [0.1, 0.15) is 11.1 Å². The molecule has 1 fully saturated rings. The van der Waals surface area contributed by atoms with Gasteiger partial charge in [0.1, 0.15) is 11.1 Å². The molecule has 1 atom stereocenters. The van der Waals surface area contributed by atoms with E-state index in [4.69, 9.17) is 10.5 Å². The molecule has 1 aliphatic heterocycles. The molecule has 0 spiro atoms. The van der Waals surface area contributed by atoms with E-state index in [2.05, 4.69) is 4.98 Å². The lowest BCUT2D eigenvalue weighted by atomic mass is 10.3. The third kappa shape index (κ3) is 3.49. The van der Waals surface area contributed by atoms with Crippen LogP contribution in [-0.2, 0) is 9.53 Å². The third-order valence-corrected chi connectivity index (χ3v) is 3.37. The minimum atomic E-state index is -0.829. The summed E-state index contributed by atoms with van der Waals surface area (Å²) in [7, 11) is 0. The van der Waals surface area contributed by atoms with Gasteiger partial charge in [-0.25, -0.2) is 9.78 Å². The molecule has 1 aromatic heterocycles. The topological polar surface area (TPSA) is 97.5 Å². The summed E-state index contributed by atoms with van der Waals surface area (Å²) >= 11 is 1.52. The molecule has 0 aromatic carbocycles. The Morgan fingerprint density at radius 2 is 2.50 bits per heavy atom. The number of urea groups is 1. The molecule has 7 nitrogen and oxygen atoms in total. The van der Waals surface area contributed by atoms with Crippen LogP contribution in [0.3, 0.4) is 0 Å². The normalized spacial score (nSPS) is 20.6. The van der Waals surface area contributed by atoms with Crippen molar-refractivity contribution in [3.8, 4) is 0 Å². The predicted octanol–water partition coefficient (Wildman–Crippen LogP) is -0.289. The molecule has 0 aliphatic carbocycles. The fourth-order valence-electron chi connectivity index (χ4n) is 1.77. The highest BCUT2D eigenvalue weighted by atomic mass is 32.1. The number of aromatic nitrogens is 1. The zero-order chi connectivity index (χ0) is 13.0. The van der Waals surface area contributed by atoms with E-state index in [0.717, 1.165) is 5.01 Å². The molecule has 2 rings (SSSR count). The van der Waals surface area contributed by atoms with Crippen molar-refractivity contribution >= 4 is 23.3 Å². The molecule has 1 saturated heterocycles. The number of thiazole rings is 1. The van der Waals surface area contributed by atoms with Gasteiger partial charge in [-0.15, -0.1) is 11.3 Å². The Morgan fingerprint density at radius 1 is 1.67 bits per heavy atom. The Hall–Kier alpha value is -1.51. The summed E-state index contributed by atoms with van der Waals surface area (Å²) in [5.41, 5.74) is 4.88. The Kier molecular flexibility index (Phi) is 4.24. The number of nitrogens with one attached hydrogen (secondary N) is 1. The molecule has 3 N–H and O–H groups in total. The lowest BCUT2D eigenvalue weighted by molar-refractivity contribution is -0.123. The highest BCUT2D eigenvalue weighted by Crippen LogP contribution is 2.23. The maximum atomic E-state index is 11.4. The minimum absolute atomic E-state index is 0.111. The van der Waals surface area contributed by atoms with Crippen LogP contribution in [0.25, 0.3) is 0 Å². The fraction of sp³-hybridized carbons (Fsp3) is 0.500. The first-order valence-electron chi connectivity index (χ1n) is 5.48. The van der Waals surface area contributed by atoms with Gasteiger partial charge in [0, 0.05) is 24.7 Å². The molecule has 1 aliphatic rings. The van der Waals surface area contributed by atoms with Crippen LogP contribution in [-0.4, -0.2) is 48.1 Å². The van der Waals surface area contributed by atoms with E-state index >= 15 is 0 Å². The smallest absolute Gasteiger partial charge is 0.318 e. The van der Waals surface area contributed by atoms with Gasteiger partial charge in [0.25, 0.3) is 0 Å². The SMILES string of the molecule is NC(=O)NC(=O)CN1CCOC(c2nccs2)C1. The molecule has 98 valence electrons. The first-order valence-corrected chi connectivity index (χ1v) is 6.36. The van der Waals surface area contributed by atoms with Gasteiger partial charge in [-0.05, 0) is 0 Å². The lowest BCUT2D eigenvalue weighted by Crippen LogP contribution is -2.46. The van der Waals surface area contributed by atoms with Crippen LogP contribution in [0.2, 0.25) is 0 Å². The van der Waals surface area contributed by atoms with Crippen molar-refractivity contribution in [1.29, 1.82) is 0 Å². The zero-order valence-electron chi connectivity index (χ0n) is 9.67. The first-order chi connectivity index (χ1) is 8.65. The zero-order valence-corrected chi connectivity index (χ0v) is 10.5. The highest BCUT2D eigenvalue weighted by Gasteiger charge is 2.25. The number of primary amides is 1. The van der Waals surface area contributed by atoms with Crippen molar-refractivity contribution in [1.82, 2.24) is 15.2 Å². The molecule has 0 saturated carbocycles. The number of hydrogen-bond donors (Lipinski definition) is 2. The van der Waals surface area contributed by atoms with E-state index in [1.54, 1.807) is 6.20 Å². The number of amides is 3. The Labute approximate surface area is 108 Å². The van der Waals surface area contributed by atoms with E-state index in [9.17, 15) is 9.59 Å². The number of imide groups is 1. The van der Waals surface area contributed by atoms with Gasteiger partial charge in [-0.3, -0.25) is 15.0 Å². The van der Waals surface area contributed by atoms with Gasteiger partial charge in [0.15, 0.2) is 0 Å². The summed E-state index contributed by atoms with van der Waals surface area (Å²) < 4.78 is 5.60. The second-order valence-electron chi connectivity index (χ2n) is 3.88. The van der Waals surface area contributed by atoms with E-state index in [1.165, 1.54) is 11.3 Å². The number of carbonyl (C=O) groups excluding carboxylic acids is 2. The Bertz CT molecular complexity index is 423. The molecule has 8 heteroatoms. The molecule has 2 heterocycles. The van der Waals surface area contributed by atoms with Crippen LogP contribution in [0, 0.1) is 0 Å². The molecule has 1 aromatic rings. The largest absolute Gasteiger partial charge is 0.368 e. The van der Waals surface area contributed by atoms with Crippen LogP contribution in [0.4, 0.5) is 4.79 Å².